The molecule has 106 valence electrons. The van der Waals surface area contributed by atoms with E-state index >= 15 is 0 Å². The minimum absolute atomic E-state index is 0.0581. The van der Waals surface area contributed by atoms with E-state index in [-0.39, 0.29) is 31.1 Å². The first-order valence-electron chi connectivity index (χ1n) is 6.57. The van der Waals surface area contributed by atoms with Crippen molar-refractivity contribution in [3.63, 3.8) is 0 Å². The highest BCUT2D eigenvalue weighted by atomic mass is 16.5. The first-order valence-corrected chi connectivity index (χ1v) is 6.57. The predicted molar refractivity (Wildman–Crippen MR) is 74.9 cm³/mol. The van der Waals surface area contributed by atoms with Gasteiger partial charge in [-0.25, -0.2) is 0 Å². The molecule has 1 aromatic rings. The normalized spacial score (nSPS) is 9.60. The van der Waals surface area contributed by atoms with E-state index in [0.29, 0.717) is 13.2 Å². The largest absolute Gasteiger partial charge is 0.466 e. The van der Waals surface area contributed by atoms with E-state index in [1.807, 2.05) is 24.3 Å². The summed E-state index contributed by atoms with van der Waals surface area (Å²) < 4.78 is 4.80. The van der Waals surface area contributed by atoms with Gasteiger partial charge in [-0.05, 0) is 19.1 Å². The quantitative estimate of drug-likeness (QED) is 0.715. The van der Waals surface area contributed by atoms with Crippen molar-refractivity contribution in [3.05, 3.63) is 30.3 Å². The molecule has 20 heavy (non-hydrogen) atoms. The minimum atomic E-state index is -0.380. The Bertz CT molecular complexity index is 480. The highest BCUT2D eigenvalue weighted by molar-refractivity contribution is 5.94. The first-order chi connectivity index (χ1) is 9.69. The van der Waals surface area contributed by atoms with Gasteiger partial charge in [0, 0.05) is 18.7 Å². The Balaban J connectivity index is 2.66. The second-order valence-electron chi connectivity index (χ2n) is 4.09. The van der Waals surface area contributed by atoms with Gasteiger partial charge in [-0.1, -0.05) is 18.2 Å². The number of carbonyl (C=O) groups excluding carboxylic acids is 2. The van der Waals surface area contributed by atoms with Gasteiger partial charge in [0.25, 0.3) is 0 Å². The van der Waals surface area contributed by atoms with E-state index in [9.17, 15) is 9.59 Å². The fraction of sp³-hybridized carbons (Fsp3) is 0.400. The molecule has 0 aliphatic carbocycles. The summed E-state index contributed by atoms with van der Waals surface area (Å²) in [5.41, 5.74) is 0.733. The minimum Gasteiger partial charge on any atom is -0.466 e. The molecule has 1 rings (SSSR count). The van der Waals surface area contributed by atoms with Crippen LogP contribution in [0.5, 0.6) is 0 Å². The number of nitriles is 1. The number of carbonyl (C=O) groups is 2. The molecule has 0 atom stereocenters. The highest BCUT2D eigenvalue weighted by Crippen LogP contribution is 2.15. The Hall–Kier alpha value is -2.35. The van der Waals surface area contributed by atoms with Gasteiger partial charge in [-0.2, -0.15) is 5.26 Å². The summed E-state index contributed by atoms with van der Waals surface area (Å²) in [6, 6.07) is 11.1. The second kappa shape index (κ2) is 8.70. The fourth-order valence-electron chi connectivity index (χ4n) is 1.74. The maximum absolute atomic E-state index is 12.2. The number of para-hydroxylation sites is 1. The Morgan fingerprint density at radius 2 is 1.95 bits per heavy atom. The number of ether oxygens (including phenoxy) is 1. The standard InChI is InChI=1S/C15H18N2O3/c1-2-20-15(19)10-9-14(18)17(12-6-11-16)13-7-4-3-5-8-13/h3-5,7-8H,2,6,9-10,12H2,1H3. The van der Waals surface area contributed by atoms with Gasteiger partial charge in [0.1, 0.15) is 0 Å². The van der Waals surface area contributed by atoms with Crippen LogP contribution < -0.4 is 4.90 Å². The summed E-state index contributed by atoms with van der Waals surface area (Å²) in [7, 11) is 0. The molecule has 0 saturated heterocycles. The lowest BCUT2D eigenvalue weighted by Gasteiger charge is -2.21. The third-order valence-electron chi connectivity index (χ3n) is 2.66. The summed E-state index contributed by atoms with van der Waals surface area (Å²) in [6.07, 6.45) is 0.391. The fourth-order valence-corrected chi connectivity index (χ4v) is 1.74. The van der Waals surface area contributed by atoms with Gasteiger partial charge in [0.2, 0.25) is 5.91 Å². The average molecular weight is 274 g/mol. The number of benzene rings is 1. The Labute approximate surface area is 118 Å². The predicted octanol–water partition coefficient (Wildman–Crippen LogP) is 2.28. The van der Waals surface area contributed by atoms with Crippen LogP contribution in [-0.4, -0.2) is 25.0 Å². The van der Waals surface area contributed by atoms with Crippen LogP contribution in [-0.2, 0) is 14.3 Å². The molecule has 0 aliphatic heterocycles. The van der Waals surface area contributed by atoms with Crippen LogP contribution in [0.2, 0.25) is 0 Å². The number of nitrogens with zero attached hydrogens (tertiary/aromatic N) is 2. The van der Waals surface area contributed by atoms with Crippen molar-refractivity contribution in [2.24, 2.45) is 0 Å². The molecule has 1 amide bonds. The van der Waals surface area contributed by atoms with Crippen LogP contribution in [0.4, 0.5) is 5.69 Å². The van der Waals surface area contributed by atoms with Gasteiger partial charge in [-0.15, -0.1) is 0 Å². The van der Waals surface area contributed by atoms with E-state index in [4.69, 9.17) is 10.00 Å². The van der Waals surface area contributed by atoms with Crippen LogP contribution in [0.1, 0.15) is 26.2 Å². The summed E-state index contributed by atoms with van der Waals surface area (Å²) >= 11 is 0. The second-order valence-corrected chi connectivity index (χ2v) is 4.09. The van der Waals surface area contributed by atoms with E-state index in [1.54, 1.807) is 19.1 Å². The Morgan fingerprint density at radius 3 is 2.55 bits per heavy atom. The number of esters is 1. The number of anilines is 1. The monoisotopic (exact) mass is 274 g/mol. The molecule has 0 saturated carbocycles. The van der Waals surface area contributed by atoms with E-state index in [0.717, 1.165) is 5.69 Å². The van der Waals surface area contributed by atoms with Crippen molar-refractivity contribution in [1.82, 2.24) is 0 Å². The van der Waals surface area contributed by atoms with Crippen LogP contribution in [0, 0.1) is 11.3 Å². The summed E-state index contributed by atoms with van der Waals surface area (Å²) in [5, 5.41) is 8.67. The smallest absolute Gasteiger partial charge is 0.306 e. The van der Waals surface area contributed by atoms with Crippen molar-refractivity contribution in [1.29, 1.82) is 5.26 Å². The van der Waals surface area contributed by atoms with Crippen LogP contribution in [0.25, 0.3) is 0 Å². The molecule has 1 aromatic carbocycles. The van der Waals surface area contributed by atoms with Crippen molar-refractivity contribution >= 4 is 17.6 Å². The molecule has 0 spiro atoms. The Morgan fingerprint density at radius 1 is 1.25 bits per heavy atom. The molecule has 0 bridgehead atoms. The van der Waals surface area contributed by atoms with Crippen LogP contribution >= 0.6 is 0 Å². The van der Waals surface area contributed by atoms with Gasteiger partial charge in [0.15, 0.2) is 0 Å². The summed E-state index contributed by atoms with van der Waals surface area (Å²) in [6.45, 7) is 2.36. The zero-order valence-corrected chi connectivity index (χ0v) is 11.5. The van der Waals surface area contributed by atoms with Crippen molar-refractivity contribution in [3.8, 4) is 6.07 Å². The van der Waals surface area contributed by atoms with Gasteiger partial charge in [-0.3, -0.25) is 9.59 Å². The van der Waals surface area contributed by atoms with E-state index in [1.165, 1.54) is 4.90 Å². The molecule has 0 radical (unpaired) electrons. The van der Waals surface area contributed by atoms with Gasteiger partial charge in [0.05, 0.1) is 25.5 Å². The third-order valence-corrected chi connectivity index (χ3v) is 2.66. The number of hydrogen-bond donors (Lipinski definition) is 0. The molecule has 5 heteroatoms. The van der Waals surface area contributed by atoms with Gasteiger partial charge < -0.3 is 9.64 Å². The lowest BCUT2D eigenvalue weighted by Crippen LogP contribution is -2.32. The highest BCUT2D eigenvalue weighted by Gasteiger charge is 2.16. The van der Waals surface area contributed by atoms with Crippen LogP contribution in [0.15, 0.2) is 30.3 Å². The van der Waals surface area contributed by atoms with Crippen molar-refractivity contribution in [2.75, 3.05) is 18.1 Å². The van der Waals surface area contributed by atoms with E-state index < -0.39 is 0 Å². The topological polar surface area (TPSA) is 70.4 Å². The molecular formula is C15H18N2O3. The maximum atomic E-state index is 12.2. The average Bonchev–Trinajstić information content (AvgIpc) is 2.47. The molecule has 5 nitrogen and oxygen atoms in total. The zero-order valence-electron chi connectivity index (χ0n) is 11.5. The molecule has 0 fully saturated rings. The zero-order chi connectivity index (χ0) is 14.8. The Kier molecular flexibility index (Phi) is 6.83. The summed E-state index contributed by atoms with van der Waals surface area (Å²) in [5.74, 6) is -0.561. The third kappa shape index (κ3) is 5.11. The van der Waals surface area contributed by atoms with Crippen LogP contribution in [0.3, 0.4) is 0 Å². The first kappa shape index (κ1) is 15.7. The lowest BCUT2D eigenvalue weighted by molar-refractivity contribution is -0.144. The maximum Gasteiger partial charge on any atom is 0.306 e. The molecule has 0 unspecified atom stereocenters. The van der Waals surface area contributed by atoms with Crippen molar-refractivity contribution in [2.45, 2.75) is 26.2 Å². The molecule has 0 aliphatic rings. The lowest BCUT2D eigenvalue weighted by atomic mass is 10.2. The van der Waals surface area contributed by atoms with E-state index in [2.05, 4.69) is 0 Å². The number of amides is 1. The molecule has 0 heterocycles. The molecule has 0 N–H and O–H groups in total. The number of rotatable bonds is 7. The van der Waals surface area contributed by atoms with Gasteiger partial charge >= 0.3 is 5.97 Å². The summed E-state index contributed by atoms with van der Waals surface area (Å²) in [4.78, 5) is 25.0. The number of hydrogen-bond acceptors (Lipinski definition) is 4. The SMILES string of the molecule is CCOC(=O)CCC(=O)N(CCC#N)c1ccccc1. The molecular weight excluding hydrogens is 256 g/mol. The van der Waals surface area contributed by atoms with Crippen molar-refractivity contribution < 1.29 is 14.3 Å². The molecule has 0 aromatic heterocycles.